The Hall–Kier alpha value is -1.84. The van der Waals surface area contributed by atoms with Crippen LogP contribution in [0.1, 0.15) is 15.9 Å². The fraction of sp³-hybridized carbons (Fsp3) is 0.200. The summed E-state index contributed by atoms with van der Waals surface area (Å²) in [6, 6.07) is 5.24. The van der Waals surface area contributed by atoms with Crippen molar-refractivity contribution in [3.05, 3.63) is 40.3 Å². The Balaban J connectivity index is 2.11. The lowest BCUT2D eigenvalue weighted by Crippen LogP contribution is -2.49. The summed E-state index contributed by atoms with van der Waals surface area (Å²) in [5.41, 5.74) is 1.02. The Morgan fingerprint density at radius 1 is 1.42 bits per heavy atom. The molecule has 1 atom stereocenters. The van der Waals surface area contributed by atoms with Gasteiger partial charge in [-0.25, -0.2) is 0 Å². The molecular formula is C15H13N2O4S3-. The third-order valence-electron chi connectivity index (χ3n) is 3.23. The summed E-state index contributed by atoms with van der Waals surface area (Å²) >= 11 is 10.1. The summed E-state index contributed by atoms with van der Waals surface area (Å²) in [4.78, 5) is 36.6. The molecule has 0 radical (unpaired) electrons. The topological polar surface area (TPSA) is 89.5 Å². The van der Waals surface area contributed by atoms with Crippen LogP contribution < -0.4 is 10.4 Å². The van der Waals surface area contributed by atoms with E-state index >= 15 is 0 Å². The second-order valence-corrected chi connectivity index (χ2v) is 6.93. The fourth-order valence-corrected chi connectivity index (χ4v) is 3.27. The van der Waals surface area contributed by atoms with Crippen LogP contribution >= 0.6 is 36.6 Å². The summed E-state index contributed by atoms with van der Waals surface area (Å²) in [6.07, 6.45) is 1.68. The molecule has 2 amide bonds. The van der Waals surface area contributed by atoms with Gasteiger partial charge in [0.05, 0.1) is 16.9 Å². The average Bonchev–Trinajstić information content (AvgIpc) is 2.79. The highest BCUT2D eigenvalue weighted by Crippen LogP contribution is 2.31. The van der Waals surface area contributed by atoms with E-state index in [1.807, 2.05) is 0 Å². The van der Waals surface area contributed by atoms with Crippen LogP contribution in [0.15, 0.2) is 29.2 Å². The second kappa shape index (κ2) is 7.82. The van der Waals surface area contributed by atoms with Crippen LogP contribution in [0.5, 0.6) is 0 Å². The Labute approximate surface area is 153 Å². The van der Waals surface area contributed by atoms with E-state index in [1.165, 1.54) is 16.7 Å². The molecule has 126 valence electrons. The monoisotopic (exact) mass is 381 g/mol. The standard InChI is InChI=1S/C15H14N2O4S3/c1-17-13(19)11(24-15(17)23)6-8-2-4-9(5-3-8)12(18)16-10(7-22)14(20)21/h2-6,10,22H,7H2,1H3,(H,16,18)(H,20,21)/p-1/b11-6+/t10-/m0/s1. The normalized spacial score (nSPS) is 17.2. The molecule has 1 aromatic rings. The highest BCUT2D eigenvalue weighted by molar-refractivity contribution is 8.26. The van der Waals surface area contributed by atoms with Gasteiger partial charge < -0.3 is 15.2 Å². The number of aliphatic carboxylic acids is 1. The molecule has 1 aliphatic heterocycles. The minimum absolute atomic E-state index is 0.0645. The summed E-state index contributed by atoms with van der Waals surface area (Å²) in [7, 11) is 1.61. The maximum atomic E-state index is 12.0. The van der Waals surface area contributed by atoms with Gasteiger partial charge in [-0.1, -0.05) is 36.1 Å². The van der Waals surface area contributed by atoms with Crippen molar-refractivity contribution in [1.82, 2.24) is 10.2 Å². The highest BCUT2D eigenvalue weighted by Gasteiger charge is 2.28. The molecule has 0 aromatic heterocycles. The molecule has 0 spiro atoms. The number of likely N-dealkylation sites (N-methyl/N-ethyl adjacent to an activating group) is 1. The molecule has 1 aromatic carbocycles. The number of carbonyl (C=O) groups is 3. The molecule has 0 saturated carbocycles. The number of thioether (sulfide) groups is 1. The van der Waals surface area contributed by atoms with Gasteiger partial charge in [0.2, 0.25) is 0 Å². The van der Waals surface area contributed by atoms with Gasteiger partial charge in [0.15, 0.2) is 0 Å². The zero-order valence-electron chi connectivity index (χ0n) is 12.5. The average molecular weight is 381 g/mol. The quantitative estimate of drug-likeness (QED) is 0.433. The van der Waals surface area contributed by atoms with Crippen molar-refractivity contribution in [3.8, 4) is 0 Å². The maximum Gasteiger partial charge on any atom is 0.265 e. The van der Waals surface area contributed by atoms with E-state index in [0.717, 1.165) is 5.56 Å². The van der Waals surface area contributed by atoms with Gasteiger partial charge in [-0.05, 0) is 23.8 Å². The summed E-state index contributed by atoms with van der Waals surface area (Å²) in [5, 5.41) is 13.1. The molecule has 1 N–H and O–H groups in total. The SMILES string of the molecule is CN1C(=O)/C(=C\c2ccc(C(=O)N[C@@H](CS)C(=O)[O-])cc2)SC1=S. The van der Waals surface area contributed by atoms with E-state index in [-0.39, 0.29) is 11.7 Å². The minimum atomic E-state index is -1.39. The number of benzene rings is 1. The number of amides is 2. The zero-order chi connectivity index (χ0) is 17.9. The summed E-state index contributed by atoms with van der Waals surface area (Å²) < 4.78 is 0.488. The Bertz CT molecular complexity index is 731. The van der Waals surface area contributed by atoms with E-state index in [1.54, 1.807) is 37.4 Å². The number of nitrogens with zero attached hydrogens (tertiary/aromatic N) is 1. The van der Waals surface area contributed by atoms with Crippen LogP contribution in [0.2, 0.25) is 0 Å². The van der Waals surface area contributed by atoms with Gasteiger partial charge in [0, 0.05) is 18.4 Å². The Morgan fingerprint density at radius 2 is 2.04 bits per heavy atom. The number of carboxylic acid groups (broad SMARTS) is 1. The van der Waals surface area contributed by atoms with Crippen molar-refractivity contribution in [1.29, 1.82) is 0 Å². The molecule has 6 nitrogen and oxygen atoms in total. The largest absolute Gasteiger partial charge is 0.548 e. The molecule has 0 aliphatic carbocycles. The number of hydrogen-bond acceptors (Lipinski definition) is 7. The lowest BCUT2D eigenvalue weighted by molar-refractivity contribution is -0.307. The van der Waals surface area contributed by atoms with Crippen molar-refractivity contribution in [2.24, 2.45) is 0 Å². The molecule has 1 fully saturated rings. The van der Waals surface area contributed by atoms with Crippen LogP contribution in [0.3, 0.4) is 0 Å². The smallest absolute Gasteiger partial charge is 0.265 e. The minimum Gasteiger partial charge on any atom is -0.548 e. The van der Waals surface area contributed by atoms with E-state index in [0.29, 0.717) is 14.8 Å². The lowest BCUT2D eigenvalue weighted by atomic mass is 10.1. The molecule has 0 unspecified atom stereocenters. The van der Waals surface area contributed by atoms with Crippen molar-refractivity contribution < 1.29 is 19.5 Å². The molecule has 1 aliphatic rings. The lowest BCUT2D eigenvalue weighted by Gasteiger charge is -2.17. The van der Waals surface area contributed by atoms with Crippen LogP contribution in [-0.2, 0) is 9.59 Å². The first-order valence-electron chi connectivity index (χ1n) is 6.77. The van der Waals surface area contributed by atoms with Gasteiger partial charge in [-0.15, -0.1) is 0 Å². The van der Waals surface area contributed by atoms with Gasteiger partial charge in [-0.2, -0.15) is 12.6 Å². The first-order chi connectivity index (χ1) is 11.3. The van der Waals surface area contributed by atoms with Crippen molar-refractivity contribution in [3.63, 3.8) is 0 Å². The number of rotatable bonds is 5. The van der Waals surface area contributed by atoms with Crippen LogP contribution in [-0.4, -0.2) is 45.8 Å². The predicted octanol–water partition coefficient (Wildman–Crippen LogP) is 0.296. The number of carbonyl (C=O) groups excluding carboxylic acids is 3. The van der Waals surface area contributed by atoms with Crippen molar-refractivity contribution in [2.75, 3.05) is 12.8 Å². The first-order valence-corrected chi connectivity index (χ1v) is 8.63. The van der Waals surface area contributed by atoms with Crippen molar-refractivity contribution >= 4 is 64.8 Å². The van der Waals surface area contributed by atoms with E-state index in [9.17, 15) is 19.5 Å². The number of nitrogens with one attached hydrogen (secondary N) is 1. The maximum absolute atomic E-state index is 12.0. The molecule has 1 heterocycles. The molecule has 2 rings (SSSR count). The van der Waals surface area contributed by atoms with E-state index in [4.69, 9.17) is 12.2 Å². The number of carboxylic acids is 1. The number of thiol groups is 1. The van der Waals surface area contributed by atoms with E-state index < -0.39 is 17.9 Å². The summed E-state index contributed by atoms with van der Waals surface area (Å²) in [5.74, 6) is -2.16. The molecule has 9 heteroatoms. The highest BCUT2D eigenvalue weighted by atomic mass is 32.2. The van der Waals surface area contributed by atoms with E-state index in [2.05, 4.69) is 17.9 Å². The van der Waals surface area contributed by atoms with Crippen LogP contribution in [0, 0.1) is 0 Å². The van der Waals surface area contributed by atoms with Crippen LogP contribution in [0.4, 0.5) is 0 Å². The molecular weight excluding hydrogens is 368 g/mol. The van der Waals surface area contributed by atoms with Gasteiger partial charge in [-0.3, -0.25) is 14.5 Å². The number of thiocarbonyl (C=S) groups is 1. The summed E-state index contributed by atoms with van der Waals surface area (Å²) in [6.45, 7) is 0. The second-order valence-electron chi connectivity index (χ2n) is 4.89. The van der Waals surface area contributed by atoms with Gasteiger partial charge in [0.25, 0.3) is 11.8 Å². The fourth-order valence-electron chi connectivity index (χ4n) is 1.85. The van der Waals surface area contributed by atoms with Crippen molar-refractivity contribution in [2.45, 2.75) is 6.04 Å². The van der Waals surface area contributed by atoms with Gasteiger partial charge in [0.1, 0.15) is 4.32 Å². The molecule has 1 saturated heterocycles. The predicted molar refractivity (Wildman–Crippen MR) is 97.5 cm³/mol. The molecule has 0 bridgehead atoms. The third-order valence-corrected chi connectivity index (χ3v) is 5.08. The number of hydrogen-bond donors (Lipinski definition) is 2. The Morgan fingerprint density at radius 3 is 2.50 bits per heavy atom. The Kier molecular flexibility index (Phi) is 6.03. The van der Waals surface area contributed by atoms with Gasteiger partial charge >= 0.3 is 0 Å². The third kappa shape index (κ3) is 4.16. The van der Waals surface area contributed by atoms with Crippen LogP contribution in [0.25, 0.3) is 6.08 Å². The zero-order valence-corrected chi connectivity index (χ0v) is 15.0. The first kappa shape index (κ1) is 18.5. The molecule has 24 heavy (non-hydrogen) atoms.